The monoisotopic (exact) mass is 272 g/mol. The molecule has 1 aromatic carbocycles. The van der Waals surface area contributed by atoms with Crippen LogP contribution in [0.25, 0.3) is 0 Å². The van der Waals surface area contributed by atoms with Gasteiger partial charge in [0.1, 0.15) is 0 Å². The van der Waals surface area contributed by atoms with Gasteiger partial charge < -0.3 is 10.2 Å². The zero-order chi connectivity index (χ0) is 14.9. The van der Waals surface area contributed by atoms with E-state index in [9.17, 15) is 4.79 Å². The summed E-state index contributed by atoms with van der Waals surface area (Å²) < 4.78 is 0. The molecule has 1 amide bonds. The van der Waals surface area contributed by atoms with Gasteiger partial charge in [-0.2, -0.15) is 5.10 Å². The van der Waals surface area contributed by atoms with E-state index in [4.69, 9.17) is 0 Å². The first-order valence-corrected chi connectivity index (χ1v) is 6.51. The van der Waals surface area contributed by atoms with Gasteiger partial charge in [-0.25, -0.2) is 0 Å². The molecule has 0 bridgehead atoms. The van der Waals surface area contributed by atoms with Crippen LogP contribution in [0.3, 0.4) is 0 Å². The number of rotatable bonds is 3. The molecule has 0 radical (unpaired) electrons. The summed E-state index contributed by atoms with van der Waals surface area (Å²) in [6.45, 7) is 5.71. The first kappa shape index (κ1) is 14.1. The van der Waals surface area contributed by atoms with Crippen molar-refractivity contribution in [3.63, 3.8) is 0 Å². The largest absolute Gasteiger partial charge is 0.377 e. The van der Waals surface area contributed by atoms with E-state index in [0.29, 0.717) is 11.3 Å². The van der Waals surface area contributed by atoms with Crippen molar-refractivity contribution in [2.75, 3.05) is 24.3 Å². The summed E-state index contributed by atoms with van der Waals surface area (Å²) in [6.07, 6.45) is 0. The quantitative estimate of drug-likeness (QED) is 0.903. The van der Waals surface area contributed by atoms with Crippen molar-refractivity contribution in [3.8, 4) is 0 Å². The molecule has 0 aliphatic rings. The summed E-state index contributed by atoms with van der Waals surface area (Å²) in [5.41, 5.74) is 5.13. The maximum absolute atomic E-state index is 12.3. The van der Waals surface area contributed by atoms with E-state index in [1.54, 1.807) is 0 Å². The number of H-pyrrole nitrogens is 1. The molecule has 2 aromatic rings. The average molecular weight is 272 g/mol. The summed E-state index contributed by atoms with van der Waals surface area (Å²) in [5.74, 6) is -0.137. The van der Waals surface area contributed by atoms with Crippen LogP contribution in [0, 0.1) is 20.8 Å². The van der Waals surface area contributed by atoms with Crippen molar-refractivity contribution >= 4 is 17.3 Å². The molecule has 0 aliphatic heterocycles. The van der Waals surface area contributed by atoms with Gasteiger partial charge in [0.2, 0.25) is 0 Å². The number of aromatic amines is 1. The topological polar surface area (TPSA) is 61.0 Å². The highest BCUT2D eigenvalue weighted by atomic mass is 16.1. The van der Waals surface area contributed by atoms with E-state index < -0.39 is 0 Å². The minimum atomic E-state index is -0.137. The summed E-state index contributed by atoms with van der Waals surface area (Å²) in [6, 6.07) is 5.88. The van der Waals surface area contributed by atoms with Crippen molar-refractivity contribution in [3.05, 3.63) is 40.7 Å². The van der Waals surface area contributed by atoms with Gasteiger partial charge in [0.05, 0.1) is 11.3 Å². The predicted molar refractivity (Wildman–Crippen MR) is 81.5 cm³/mol. The molecular weight excluding hydrogens is 252 g/mol. The zero-order valence-electron chi connectivity index (χ0n) is 12.5. The van der Waals surface area contributed by atoms with Crippen molar-refractivity contribution < 1.29 is 4.79 Å². The molecule has 0 fully saturated rings. The highest BCUT2D eigenvalue weighted by Gasteiger charge is 2.15. The average Bonchev–Trinajstić information content (AvgIpc) is 2.71. The predicted octanol–water partition coefficient (Wildman–Crippen LogP) is 2.65. The molecule has 0 atom stereocenters. The Morgan fingerprint density at radius 2 is 1.95 bits per heavy atom. The number of aromatic nitrogens is 2. The lowest BCUT2D eigenvalue weighted by atomic mass is 10.1. The Morgan fingerprint density at radius 1 is 1.25 bits per heavy atom. The Morgan fingerprint density at radius 3 is 2.50 bits per heavy atom. The van der Waals surface area contributed by atoms with E-state index >= 15 is 0 Å². The normalized spacial score (nSPS) is 10.4. The van der Waals surface area contributed by atoms with Crippen LogP contribution >= 0.6 is 0 Å². The van der Waals surface area contributed by atoms with Crippen LogP contribution in [0.15, 0.2) is 18.2 Å². The van der Waals surface area contributed by atoms with Gasteiger partial charge in [-0.3, -0.25) is 9.89 Å². The van der Waals surface area contributed by atoms with Gasteiger partial charge in [-0.15, -0.1) is 0 Å². The van der Waals surface area contributed by atoms with Crippen LogP contribution in [0.4, 0.5) is 11.4 Å². The number of carbonyl (C=O) groups is 1. The van der Waals surface area contributed by atoms with Gasteiger partial charge >= 0.3 is 0 Å². The van der Waals surface area contributed by atoms with Crippen LogP contribution in [0.2, 0.25) is 0 Å². The molecule has 0 saturated heterocycles. The number of anilines is 2. The van der Waals surface area contributed by atoms with E-state index in [2.05, 4.69) is 15.5 Å². The van der Waals surface area contributed by atoms with Gasteiger partial charge in [0.15, 0.2) is 0 Å². The summed E-state index contributed by atoms with van der Waals surface area (Å²) in [5, 5.41) is 9.79. The lowest BCUT2D eigenvalue weighted by molar-refractivity contribution is 0.102. The Hall–Kier alpha value is -2.30. The highest BCUT2D eigenvalue weighted by molar-refractivity contribution is 6.06. The van der Waals surface area contributed by atoms with Crippen LogP contribution in [-0.4, -0.2) is 30.2 Å². The molecule has 1 heterocycles. The van der Waals surface area contributed by atoms with Crippen LogP contribution in [0.5, 0.6) is 0 Å². The van der Waals surface area contributed by atoms with E-state index in [1.165, 1.54) is 5.56 Å². The van der Waals surface area contributed by atoms with Crippen LogP contribution < -0.4 is 10.2 Å². The van der Waals surface area contributed by atoms with Crippen molar-refractivity contribution in [1.82, 2.24) is 10.2 Å². The Kier molecular flexibility index (Phi) is 3.79. The van der Waals surface area contributed by atoms with Crippen molar-refractivity contribution in [1.29, 1.82) is 0 Å². The van der Waals surface area contributed by atoms with Crippen LogP contribution in [0.1, 0.15) is 27.3 Å². The molecule has 106 valence electrons. The summed E-state index contributed by atoms with van der Waals surface area (Å²) in [4.78, 5) is 14.3. The van der Waals surface area contributed by atoms with E-state index in [0.717, 1.165) is 17.1 Å². The molecular formula is C15H20N4O. The smallest absolute Gasteiger partial charge is 0.259 e. The van der Waals surface area contributed by atoms with E-state index in [1.807, 2.05) is 58.0 Å². The number of carbonyl (C=O) groups excluding carboxylic acids is 1. The molecule has 0 spiro atoms. The fourth-order valence-corrected chi connectivity index (χ4v) is 2.25. The zero-order valence-corrected chi connectivity index (χ0v) is 12.5. The fraction of sp³-hybridized carbons (Fsp3) is 0.333. The molecule has 0 aliphatic carbocycles. The molecule has 5 nitrogen and oxygen atoms in total. The molecule has 2 N–H and O–H groups in total. The van der Waals surface area contributed by atoms with Gasteiger partial charge in [-0.1, -0.05) is 6.07 Å². The lowest BCUT2D eigenvalue weighted by Gasteiger charge is -2.17. The second kappa shape index (κ2) is 5.36. The lowest BCUT2D eigenvalue weighted by Crippen LogP contribution is -2.15. The number of benzene rings is 1. The molecule has 0 saturated carbocycles. The molecule has 2 rings (SSSR count). The fourth-order valence-electron chi connectivity index (χ4n) is 2.25. The first-order valence-electron chi connectivity index (χ1n) is 6.51. The maximum Gasteiger partial charge on any atom is 0.259 e. The summed E-state index contributed by atoms with van der Waals surface area (Å²) >= 11 is 0. The third-order valence-corrected chi connectivity index (χ3v) is 3.30. The Bertz CT molecular complexity index is 624. The minimum absolute atomic E-state index is 0.137. The highest BCUT2D eigenvalue weighted by Crippen LogP contribution is 2.23. The maximum atomic E-state index is 12.3. The summed E-state index contributed by atoms with van der Waals surface area (Å²) in [7, 11) is 3.97. The van der Waals surface area contributed by atoms with Crippen molar-refractivity contribution in [2.45, 2.75) is 20.8 Å². The second-order valence-electron chi connectivity index (χ2n) is 5.16. The third-order valence-electron chi connectivity index (χ3n) is 3.30. The second-order valence-corrected chi connectivity index (χ2v) is 5.16. The van der Waals surface area contributed by atoms with Gasteiger partial charge in [0, 0.05) is 31.2 Å². The number of nitrogens with zero attached hydrogens (tertiary/aromatic N) is 2. The number of aryl methyl sites for hydroxylation is 3. The SMILES string of the molecule is Cc1ccc(NC(=O)c2c(C)n[nH]c2C)cc1N(C)C. The molecule has 0 unspecified atom stereocenters. The van der Waals surface area contributed by atoms with E-state index in [-0.39, 0.29) is 5.91 Å². The Balaban J connectivity index is 2.27. The third kappa shape index (κ3) is 2.66. The van der Waals surface area contributed by atoms with Crippen LogP contribution in [-0.2, 0) is 0 Å². The number of hydrogen-bond donors (Lipinski definition) is 2. The molecule has 5 heteroatoms. The molecule has 1 aromatic heterocycles. The minimum Gasteiger partial charge on any atom is -0.377 e. The van der Waals surface area contributed by atoms with Crippen molar-refractivity contribution in [2.24, 2.45) is 0 Å². The van der Waals surface area contributed by atoms with Gasteiger partial charge in [0.25, 0.3) is 5.91 Å². The Labute approximate surface area is 119 Å². The first-order chi connectivity index (χ1) is 9.40. The standard InChI is InChI=1S/C15H20N4O/c1-9-6-7-12(8-13(9)19(4)5)16-15(20)14-10(2)17-18-11(14)3/h6-8H,1-5H3,(H,16,20)(H,17,18). The van der Waals surface area contributed by atoms with Gasteiger partial charge in [-0.05, 0) is 38.5 Å². The number of hydrogen-bond acceptors (Lipinski definition) is 3. The number of nitrogens with one attached hydrogen (secondary N) is 2. The number of amides is 1. The molecule has 20 heavy (non-hydrogen) atoms.